The fourth-order valence-corrected chi connectivity index (χ4v) is 3.54. The lowest BCUT2D eigenvalue weighted by Gasteiger charge is -2.38. The molecule has 0 spiro atoms. The zero-order valence-electron chi connectivity index (χ0n) is 10.3. The predicted molar refractivity (Wildman–Crippen MR) is 64.9 cm³/mol. The summed E-state index contributed by atoms with van der Waals surface area (Å²) in [7, 11) is 0. The van der Waals surface area contributed by atoms with Gasteiger partial charge in [0.1, 0.15) is 0 Å². The van der Waals surface area contributed by atoms with E-state index in [0.29, 0.717) is 11.6 Å². The van der Waals surface area contributed by atoms with Crippen LogP contribution in [0.15, 0.2) is 0 Å². The summed E-state index contributed by atoms with van der Waals surface area (Å²) < 4.78 is 0. The van der Waals surface area contributed by atoms with E-state index in [-0.39, 0.29) is 0 Å². The van der Waals surface area contributed by atoms with Crippen molar-refractivity contribution < 1.29 is 0 Å². The van der Waals surface area contributed by atoms with E-state index in [1.165, 1.54) is 44.9 Å². The van der Waals surface area contributed by atoms with Gasteiger partial charge in [-0.2, -0.15) is 0 Å². The number of hydrogen-bond donors (Lipinski definition) is 1. The van der Waals surface area contributed by atoms with Gasteiger partial charge < -0.3 is 5.73 Å². The van der Waals surface area contributed by atoms with Crippen molar-refractivity contribution in [2.75, 3.05) is 6.54 Å². The molecule has 1 aliphatic carbocycles. The van der Waals surface area contributed by atoms with Crippen LogP contribution in [0.5, 0.6) is 0 Å². The lowest BCUT2D eigenvalue weighted by atomic mass is 9.97. The summed E-state index contributed by atoms with van der Waals surface area (Å²) in [6.07, 6.45) is 9.70. The molecule has 0 aromatic rings. The molecule has 0 amide bonds. The van der Waals surface area contributed by atoms with E-state index < -0.39 is 0 Å². The lowest BCUT2D eigenvalue weighted by Crippen LogP contribution is -2.45. The van der Waals surface area contributed by atoms with Crippen molar-refractivity contribution in [3.8, 4) is 0 Å². The minimum atomic E-state index is 0.342. The summed E-state index contributed by atoms with van der Waals surface area (Å²) in [6.45, 7) is 5.85. The van der Waals surface area contributed by atoms with Crippen LogP contribution in [0.3, 0.4) is 0 Å². The molecular weight excluding hydrogens is 184 g/mol. The van der Waals surface area contributed by atoms with Crippen LogP contribution in [0, 0.1) is 0 Å². The second-order valence-electron chi connectivity index (χ2n) is 6.07. The third kappa shape index (κ3) is 2.54. The smallest absolute Gasteiger partial charge is 0.0185 e. The van der Waals surface area contributed by atoms with Crippen molar-refractivity contribution in [3.05, 3.63) is 0 Å². The maximum Gasteiger partial charge on any atom is 0.0185 e. The molecule has 0 aromatic heterocycles. The highest BCUT2D eigenvalue weighted by Crippen LogP contribution is 2.34. The zero-order valence-corrected chi connectivity index (χ0v) is 10.3. The molecule has 1 aliphatic heterocycles. The minimum Gasteiger partial charge on any atom is -0.326 e. The molecule has 2 N–H and O–H groups in total. The van der Waals surface area contributed by atoms with Gasteiger partial charge in [-0.15, -0.1) is 0 Å². The first-order valence-electron chi connectivity index (χ1n) is 6.62. The molecule has 2 rings (SSSR count). The van der Waals surface area contributed by atoms with Gasteiger partial charge in [0.05, 0.1) is 0 Å². The van der Waals surface area contributed by atoms with Crippen LogP contribution in [0.2, 0.25) is 0 Å². The predicted octanol–water partition coefficient (Wildman–Crippen LogP) is 2.52. The number of nitrogens with zero attached hydrogens (tertiary/aromatic N) is 1. The monoisotopic (exact) mass is 210 g/mol. The molecule has 0 bridgehead atoms. The normalized spacial score (nSPS) is 34.2. The van der Waals surface area contributed by atoms with Crippen LogP contribution in [-0.4, -0.2) is 29.1 Å². The third-order valence-electron chi connectivity index (χ3n) is 4.24. The van der Waals surface area contributed by atoms with Gasteiger partial charge in [-0.05, 0) is 33.1 Å². The Morgan fingerprint density at radius 3 is 2.13 bits per heavy atom. The molecule has 2 nitrogen and oxygen atoms in total. The largest absolute Gasteiger partial charge is 0.326 e. The Labute approximate surface area is 94.2 Å². The van der Waals surface area contributed by atoms with E-state index in [9.17, 15) is 0 Å². The van der Waals surface area contributed by atoms with Gasteiger partial charge >= 0.3 is 0 Å². The standard InChI is InChI=1S/C13H26N2/c1-13(2)9-11(14)10-15(13)12-7-5-3-4-6-8-12/h11-12H,3-10,14H2,1-2H3. The molecule has 2 fully saturated rings. The molecular formula is C13H26N2. The van der Waals surface area contributed by atoms with E-state index in [2.05, 4.69) is 18.7 Å². The summed E-state index contributed by atoms with van der Waals surface area (Å²) in [6, 6.07) is 1.22. The molecule has 0 aromatic carbocycles. The summed E-state index contributed by atoms with van der Waals surface area (Å²) in [5.41, 5.74) is 6.45. The number of rotatable bonds is 1. The van der Waals surface area contributed by atoms with Gasteiger partial charge in [0.2, 0.25) is 0 Å². The van der Waals surface area contributed by atoms with Gasteiger partial charge in [0, 0.05) is 24.2 Å². The fraction of sp³-hybridized carbons (Fsp3) is 1.00. The van der Waals surface area contributed by atoms with Crippen LogP contribution in [0.1, 0.15) is 58.8 Å². The second-order valence-corrected chi connectivity index (χ2v) is 6.07. The highest BCUT2D eigenvalue weighted by atomic mass is 15.3. The first-order valence-corrected chi connectivity index (χ1v) is 6.62. The van der Waals surface area contributed by atoms with Gasteiger partial charge in [0.25, 0.3) is 0 Å². The molecule has 2 aliphatic rings. The first kappa shape index (κ1) is 11.4. The number of nitrogens with two attached hydrogens (primary N) is 1. The molecule has 1 saturated carbocycles. The van der Waals surface area contributed by atoms with Crippen LogP contribution < -0.4 is 5.73 Å². The summed E-state index contributed by atoms with van der Waals surface area (Å²) in [5, 5.41) is 0. The zero-order chi connectivity index (χ0) is 10.9. The van der Waals surface area contributed by atoms with Gasteiger partial charge in [-0.1, -0.05) is 25.7 Å². The Bertz CT molecular complexity index is 205. The van der Waals surface area contributed by atoms with Crippen LogP contribution in [0.25, 0.3) is 0 Å². The molecule has 1 saturated heterocycles. The van der Waals surface area contributed by atoms with Crippen LogP contribution in [-0.2, 0) is 0 Å². The number of likely N-dealkylation sites (tertiary alicyclic amines) is 1. The van der Waals surface area contributed by atoms with Crippen LogP contribution >= 0.6 is 0 Å². The second kappa shape index (κ2) is 4.42. The van der Waals surface area contributed by atoms with Crippen molar-refractivity contribution in [3.63, 3.8) is 0 Å². The molecule has 1 atom stereocenters. The Hall–Kier alpha value is -0.0800. The average molecular weight is 210 g/mol. The minimum absolute atomic E-state index is 0.342. The molecule has 88 valence electrons. The lowest BCUT2D eigenvalue weighted by molar-refractivity contribution is 0.104. The molecule has 1 heterocycles. The first-order chi connectivity index (χ1) is 7.09. The van der Waals surface area contributed by atoms with Crippen molar-refractivity contribution in [1.29, 1.82) is 0 Å². The van der Waals surface area contributed by atoms with E-state index in [0.717, 1.165) is 12.6 Å². The maximum absolute atomic E-state index is 6.10. The number of hydrogen-bond acceptors (Lipinski definition) is 2. The Balaban J connectivity index is 2.01. The molecule has 2 heteroatoms. The van der Waals surface area contributed by atoms with Crippen molar-refractivity contribution in [1.82, 2.24) is 4.90 Å². The Morgan fingerprint density at radius 1 is 1.07 bits per heavy atom. The summed E-state index contributed by atoms with van der Waals surface area (Å²) in [5.74, 6) is 0. The van der Waals surface area contributed by atoms with Crippen molar-refractivity contribution in [2.45, 2.75) is 76.4 Å². The van der Waals surface area contributed by atoms with E-state index in [1.807, 2.05) is 0 Å². The highest BCUT2D eigenvalue weighted by molar-refractivity contribution is 4.98. The van der Waals surface area contributed by atoms with E-state index in [1.54, 1.807) is 0 Å². The fourth-order valence-electron chi connectivity index (χ4n) is 3.54. The van der Waals surface area contributed by atoms with E-state index in [4.69, 9.17) is 5.73 Å². The quantitative estimate of drug-likeness (QED) is 0.674. The Kier molecular flexibility index (Phi) is 3.36. The molecule has 15 heavy (non-hydrogen) atoms. The average Bonchev–Trinajstić information content (AvgIpc) is 2.41. The summed E-state index contributed by atoms with van der Waals surface area (Å²) >= 11 is 0. The third-order valence-corrected chi connectivity index (χ3v) is 4.24. The van der Waals surface area contributed by atoms with Crippen LogP contribution in [0.4, 0.5) is 0 Å². The van der Waals surface area contributed by atoms with E-state index >= 15 is 0 Å². The summed E-state index contributed by atoms with van der Waals surface area (Å²) in [4.78, 5) is 2.70. The maximum atomic E-state index is 6.10. The SMILES string of the molecule is CC1(C)CC(N)CN1C1CCCCCC1. The molecule has 1 unspecified atom stereocenters. The van der Waals surface area contributed by atoms with Crippen molar-refractivity contribution in [2.24, 2.45) is 5.73 Å². The topological polar surface area (TPSA) is 29.3 Å². The molecule has 0 radical (unpaired) electrons. The Morgan fingerprint density at radius 2 is 1.67 bits per heavy atom. The van der Waals surface area contributed by atoms with Gasteiger partial charge in [-0.25, -0.2) is 0 Å². The van der Waals surface area contributed by atoms with Gasteiger partial charge in [-0.3, -0.25) is 4.90 Å². The van der Waals surface area contributed by atoms with Crippen molar-refractivity contribution >= 4 is 0 Å². The van der Waals surface area contributed by atoms with Gasteiger partial charge in [0.15, 0.2) is 0 Å². The highest BCUT2D eigenvalue weighted by Gasteiger charge is 2.40.